The van der Waals surface area contributed by atoms with Gasteiger partial charge in [0.2, 0.25) is 0 Å². The molecule has 150 valence electrons. The van der Waals surface area contributed by atoms with Crippen molar-refractivity contribution in [2.75, 3.05) is 11.9 Å². The Balaban J connectivity index is 1.50. The quantitative estimate of drug-likeness (QED) is 0.412. The lowest BCUT2D eigenvalue weighted by atomic mass is 9.84. The summed E-state index contributed by atoms with van der Waals surface area (Å²) in [6.07, 6.45) is 0. The highest BCUT2D eigenvalue weighted by Gasteiger charge is 2.29. The van der Waals surface area contributed by atoms with Gasteiger partial charge in [0.15, 0.2) is 18.2 Å². The summed E-state index contributed by atoms with van der Waals surface area (Å²) in [6.45, 7) is -0.343. The molecule has 0 aliphatic heterocycles. The minimum absolute atomic E-state index is 0.212. The van der Waals surface area contributed by atoms with E-state index in [2.05, 4.69) is 5.32 Å². The number of nitrogens with one attached hydrogen (secondary N) is 1. The molecule has 0 unspecified atom stereocenters. The van der Waals surface area contributed by atoms with Crippen LogP contribution in [-0.2, 0) is 4.79 Å². The molecule has 1 aliphatic carbocycles. The van der Waals surface area contributed by atoms with Gasteiger partial charge in [-0.3, -0.25) is 14.4 Å². The Morgan fingerprint density at radius 3 is 2.07 bits per heavy atom. The lowest BCUT2D eigenvalue weighted by molar-refractivity contribution is -0.118. The van der Waals surface area contributed by atoms with Gasteiger partial charge in [-0.15, -0.1) is 0 Å². The molecule has 3 aromatic carbocycles. The van der Waals surface area contributed by atoms with E-state index in [1.807, 2.05) is 0 Å². The average Bonchev–Trinajstić information content (AvgIpc) is 2.73. The van der Waals surface area contributed by atoms with Crippen LogP contribution in [0.25, 0.3) is 0 Å². The van der Waals surface area contributed by atoms with Crippen LogP contribution in [-0.4, -0.2) is 24.1 Å². The van der Waals surface area contributed by atoms with E-state index >= 15 is 0 Å². The molecule has 0 saturated heterocycles. The minimum Gasteiger partial charge on any atom is -0.482 e. The zero-order valence-electron chi connectivity index (χ0n) is 15.2. The number of hydrogen-bond acceptors (Lipinski definition) is 4. The largest absolute Gasteiger partial charge is 0.482 e. The summed E-state index contributed by atoms with van der Waals surface area (Å²) in [5.74, 6) is -0.762. The van der Waals surface area contributed by atoms with Gasteiger partial charge in [0.05, 0.1) is 15.1 Å². The highest BCUT2D eigenvalue weighted by Crippen LogP contribution is 2.34. The molecule has 0 saturated carbocycles. The zero-order valence-corrected chi connectivity index (χ0v) is 17.4. The summed E-state index contributed by atoms with van der Waals surface area (Å²) in [7, 11) is 0. The van der Waals surface area contributed by atoms with Crippen LogP contribution in [0, 0.1) is 0 Å². The second kappa shape index (κ2) is 8.11. The number of rotatable bonds is 4. The Hall–Kier alpha value is -2.86. The topological polar surface area (TPSA) is 72.5 Å². The van der Waals surface area contributed by atoms with Crippen LogP contribution in [0.3, 0.4) is 0 Å². The van der Waals surface area contributed by atoms with Crippen molar-refractivity contribution >= 4 is 58.0 Å². The van der Waals surface area contributed by atoms with E-state index in [0.29, 0.717) is 22.4 Å². The maximum absolute atomic E-state index is 12.8. The monoisotopic (exact) mass is 459 g/mol. The fraction of sp³-hybridized carbons (Fsp3) is 0.0455. The summed E-state index contributed by atoms with van der Waals surface area (Å²) < 4.78 is 5.40. The Bertz CT molecular complexity index is 1220. The van der Waals surface area contributed by atoms with Crippen LogP contribution in [0.4, 0.5) is 5.69 Å². The fourth-order valence-corrected chi connectivity index (χ4v) is 3.72. The van der Waals surface area contributed by atoms with E-state index < -0.39 is 5.91 Å². The third kappa shape index (κ3) is 3.79. The third-order valence-electron chi connectivity index (χ3n) is 4.54. The molecule has 0 bridgehead atoms. The number of hydrogen-bond donors (Lipinski definition) is 1. The highest BCUT2D eigenvalue weighted by atomic mass is 35.5. The molecule has 8 heteroatoms. The van der Waals surface area contributed by atoms with E-state index in [9.17, 15) is 14.4 Å². The van der Waals surface area contributed by atoms with Crippen LogP contribution in [0.5, 0.6) is 5.75 Å². The van der Waals surface area contributed by atoms with Crippen LogP contribution in [0.15, 0.2) is 54.6 Å². The van der Waals surface area contributed by atoms with Gasteiger partial charge in [0.1, 0.15) is 5.75 Å². The van der Waals surface area contributed by atoms with E-state index in [1.165, 1.54) is 24.3 Å². The molecule has 1 amide bonds. The molecule has 3 aromatic rings. The maximum atomic E-state index is 12.8. The summed E-state index contributed by atoms with van der Waals surface area (Å²) in [5, 5.41) is 3.37. The zero-order chi connectivity index (χ0) is 21.4. The number of carbonyl (C=O) groups is 3. The smallest absolute Gasteiger partial charge is 0.262 e. The van der Waals surface area contributed by atoms with Gasteiger partial charge < -0.3 is 10.1 Å². The molecule has 0 spiro atoms. The maximum Gasteiger partial charge on any atom is 0.262 e. The van der Waals surface area contributed by atoms with Crippen LogP contribution < -0.4 is 10.1 Å². The van der Waals surface area contributed by atoms with Gasteiger partial charge in [0, 0.05) is 34.0 Å². The molecule has 1 aliphatic rings. The SMILES string of the molecule is O=C(COc1cc(Cl)c(Cl)cc1Cl)Nc1ccc2c(c1)C(=O)c1ccccc1C2=O. The predicted octanol–water partition coefficient (Wildman–Crippen LogP) is 5.44. The molecule has 0 heterocycles. The van der Waals surface area contributed by atoms with Crippen LogP contribution >= 0.6 is 34.8 Å². The molecule has 1 N–H and O–H groups in total. The first-order chi connectivity index (χ1) is 14.3. The molecule has 0 atom stereocenters. The molecular formula is C22H12Cl3NO4. The number of fused-ring (bicyclic) bond motifs is 2. The molecule has 0 radical (unpaired) electrons. The summed E-state index contributed by atoms with van der Waals surface area (Å²) >= 11 is 17.8. The number of halogens is 3. The Morgan fingerprint density at radius 1 is 0.767 bits per heavy atom. The first-order valence-electron chi connectivity index (χ1n) is 8.75. The number of amides is 1. The number of ketones is 2. The van der Waals surface area contributed by atoms with E-state index in [0.717, 1.165) is 0 Å². The second-order valence-corrected chi connectivity index (χ2v) is 7.72. The molecule has 5 nitrogen and oxygen atoms in total. The van der Waals surface area contributed by atoms with Crippen molar-refractivity contribution in [3.05, 3.63) is 91.9 Å². The van der Waals surface area contributed by atoms with Crippen LogP contribution in [0.2, 0.25) is 15.1 Å². The number of benzene rings is 3. The predicted molar refractivity (Wildman–Crippen MR) is 115 cm³/mol. The van der Waals surface area contributed by atoms with E-state index in [4.69, 9.17) is 39.5 Å². The molecular weight excluding hydrogens is 449 g/mol. The van der Waals surface area contributed by atoms with Crippen molar-refractivity contribution in [3.8, 4) is 5.75 Å². The standard InChI is InChI=1S/C22H12Cl3NO4/c23-16-8-18(25)19(9-17(16)24)30-10-20(27)26-11-5-6-14-15(7-11)22(29)13-4-2-1-3-12(13)21(14)28/h1-9H,10H2,(H,26,27). The van der Waals surface area contributed by atoms with Crippen molar-refractivity contribution < 1.29 is 19.1 Å². The molecule has 4 rings (SSSR count). The van der Waals surface area contributed by atoms with Crippen LogP contribution in [0.1, 0.15) is 31.8 Å². The number of anilines is 1. The first kappa shape index (κ1) is 20.4. The normalized spacial score (nSPS) is 12.2. The fourth-order valence-electron chi connectivity index (χ4n) is 3.13. The van der Waals surface area contributed by atoms with Gasteiger partial charge in [-0.1, -0.05) is 59.1 Å². The first-order valence-corrected chi connectivity index (χ1v) is 9.88. The van der Waals surface area contributed by atoms with Gasteiger partial charge in [0.25, 0.3) is 5.91 Å². The van der Waals surface area contributed by atoms with Gasteiger partial charge >= 0.3 is 0 Å². The second-order valence-electron chi connectivity index (χ2n) is 6.50. The summed E-state index contributed by atoms with van der Waals surface area (Å²) in [5.41, 5.74) is 1.62. The highest BCUT2D eigenvalue weighted by molar-refractivity contribution is 6.43. The number of carbonyl (C=O) groups excluding carboxylic acids is 3. The van der Waals surface area contributed by atoms with Crippen molar-refractivity contribution in [2.45, 2.75) is 0 Å². The van der Waals surface area contributed by atoms with Crippen molar-refractivity contribution in [2.24, 2.45) is 0 Å². The summed E-state index contributed by atoms with van der Waals surface area (Å²) in [4.78, 5) is 37.7. The average molecular weight is 461 g/mol. The van der Waals surface area contributed by atoms with E-state index in [-0.39, 0.29) is 44.6 Å². The van der Waals surface area contributed by atoms with Gasteiger partial charge in [-0.2, -0.15) is 0 Å². The van der Waals surface area contributed by atoms with Crippen molar-refractivity contribution in [1.29, 1.82) is 0 Å². The molecule has 0 fully saturated rings. The lowest BCUT2D eigenvalue weighted by Gasteiger charge is -2.18. The Morgan fingerprint density at radius 2 is 1.37 bits per heavy atom. The molecule has 30 heavy (non-hydrogen) atoms. The minimum atomic E-state index is -0.480. The van der Waals surface area contributed by atoms with Crippen molar-refractivity contribution in [1.82, 2.24) is 0 Å². The Labute approximate surface area is 186 Å². The van der Waals surface area contributed by atoms with E-state index in [1.54, 1.807) is 30.3 Å². The Kier molecular flexibility index (Phi) is 5.52. The lowest BCUT2D eigenvalue weighted by Crippen LogP contribution is -2.23. The number of ether oxygens (including phenoxy) is 1. The van der Waals surface area contributed by atoms with Gasteiger partial charge in [-0.25, -0.2) is 0 Å². The molecule has 0 aromatic heterocycles. The van der Waals surface area contributed by atoms with Gasteiger partial charge in [-0.05, 0) is 24.3 Å². The summed E-state index contributed by atoms with van der Waals surface area (Å²) in [6, 6.07) is 14.0. The third-order valence-corrected chi connectivity index (χ3v) is 5.56. The van der Waals surface area contributed by atoms with Crippen molar-refractivity contribution in [3.63, 3.8) is 0 Å².